The Morgan fingerprint density at radius 2 is 1.68 bits per heavy atom. The molecule has 1 aromatic carbocycles. The van der Waals surface area contributed by atoms with Crippen molar-refractivity contribution in [3.8, 4) is 0 Å². The van der Waals surface area contributed by atoms with Crippen molar-refractivity contribution in [2.45, 2.75) is 19.4 Å². The molecule has 7 heteroatoms. The van der Waals surface area contributed by atoms with Crippen molar-refractivity contribution in [3.05, 3.63) is 61.2 Å². The Balaban J connectivity index is 0. The average Bonchev–Trinajstić information content (AvgIpc) is 2.82. The van der Waals surface area contributed by atoms with Gasteiger partial charge in [-0.2, -0.15) is 0 Å². The number of carbonyl (C=O) groups excluding carboxylic acids is 3. The number of methoxy groups -OCH3 is 1. The van der Waals surface area contributed by atoms with Gasteiger partial charge in [0.25, 0.3) is 11.8 Å². The summed E-state index contributed by atoms with van der Waals surface area (Å²) in [6.45, 7) is 12.4. The molecule has 0 radical (unpaired) electrons. The van der Waals surface area contributed by atoms with Gasteiger partial charge in [0, 0.05) is 0 Å². The molecular weight excluding hydrogens is 398 g/mol. The number of ether oxygens (including phenoxy) is 1. The van der Waals surface area contributed by atoms with Crippen molar-refractivity contribution in [2.75, 3.05) is 7.11 Å². The third-order valence-corrected chi connectivity index (χ3v) is 3.62. The number of benzene rings is 1. The van der Waals surface area contributed by atoms with E-state index in [0.29, 0.717) is 17.5 Å². The van der Waals surface area contributed by atoms with Crippen LogP contribution in [0.5, 0.6) is 0 Å². The second-order valence-electron chi connectivity index (χ2n) is 5.00. The molecule has 1 aliphatic rings. The predicted octanol–water partition coefficient (Wildman–Crippen LogP) is -0.735. The summed E-state index contributed by atoms with van der Waals surface area (Å²) < 4.78 is 4.77. The maximum Gasteiger partial charge on any atom is 2.00 e. The van der Waals surface area contributed by atoms with Gasteiger partial charge in [-0.05, 0) is 24.5 Å². The van der Waals surface area contributed by atoms with Crippen LogP contribution < -0.4 is 17.0 Å². The summed E-state index contributed by atoms with van der Waals surface area (Å²) in [7, 11) is 1.24. The molecule has 0 spiro atoms. The first-order valence-corrected chi connectivity index (χ1v) is 7.09. The zero-order valence-electron chi connectivity index (χ0n) is 14.4. The molecule has 25 heavy (non-hydrogen) atoms. The molecule has 0 aromatic heterocycles. The van der Waals surface area contributed by atoms with E-state index >= 15 is 0 Å². The van der Waals surface area contributed by atoms with Crippen molar-refractivity contribution in [1.82, 2.24) is 4.90 Å². The van der Waals surface area contributed by atoms with Gasteiger partial charge >= 0.3 is 29.0 Å². The SMILES string of the molecule is C=CCC(C)C(C(=O)OC)N1C(=O)c2ccccc2C1=O.[Br-].[CH-]=C.[Mg+2]. The van der Waals surface area contributed by atoms with Gasteiger partial charge in [-0.15, -0.1) is 6.58 Å². The summed E-state index contributed by atoms with van der Waals surface area (Å²) in [5.74, 6) is -1.78. The van der Waals surface area contributed by atoms with Crippen LogP contribution in [0.25, 0.3) is 0 Å². The quantitative estimate of drug-likeness (QED) is 0.208. The number of fused-ring (bicyclic) bond motifs is 1. The molecule has 5 nitrogen and oxygen atoms in total. The number of carbonyl (C=O) groups is 3. The predicted molar refractivity (Wildman–Crippen MR) is 92.4 cm³/mol. The molecule has 0 bridgehead atoms. The van der Waals surface area contributed by atoms with Crippen LogP contribution in [0.15, 0.2) is 43.5 Å². The van der Waals surface area contributed by atoms with Crippen LogP contribution in [0.1, 0.15) is 34.1 Å². The smallest absolute Gasteiger partial charge is 1.00 e. The molecule has 0 saturated heterocycles. The van der Waals surface area contributed by atoms with Gasteiger partial charge in [-0.1, -0.05) is 25.1 Å². The second-order valence-corrected chi connectivity index (χ2v) is 5.00. The zero-order chi connectivity index (χ0) is 17.6. The van der Waals surface area contributed by atoms with Crippen LogP contribution >= 0.6 is 0 Å². The third-order valence-electron chi connectivity index (χ3n) is 3.62. The van der Waals surface area contributed by atoms with Gasteiger partial charge in [0.2, 0.25) is 0 Å². The first-order valence-electron chi connectivity index (χ1n) is 7.09. The molecule has 0 N–H and O–H groups in total. The summed E-state index contributed by atoms with van der Waals surface area (Å²) in [6, 6.07) is 5.60. The Labute approximate surface area is 175 Å². The van der Waals surface area contributed by atoms with Crippen molar-refractivity contribution in [3.63, 3.8) is 0 Å². The van der Waals surface area contributed by atoms with Crippen LogP contribution in [-0.2, 0) is 9.53 Å². The number of halogens is 1. The molecule has 2 unspecified atom stereocenters. The maximum absolute atomic E-state index is 12.4. The number of hydrogen-bond donors (Lipinski definition) is 0. The molecular formula is C18H20BrMgNO4. The molecule has 0 fully saturated rings. The minimum absolute atomic E-state index is 0. The molecule has 1 aliphatic heterocycles. The van der Waals surface area contributed by atoms with Gasteiger partial charge in [0.1, 0.15) is 6.04 Å². The van der Waals surface area contributed by atoms with Crippen molar-refractivity contribution >= 4 is 40.8 Å². The number of amides is 2. The van der Waals surface area contributed by atoms with Crippen molar-refractivity contribution in [2.24, 2.45) is 5.92 Å². The normalized spacial score (nSPS) is 13.9. The van der Waals surface area contributed by atoms with Gasteiger partial charge in [0.15, 0.2) is 0 Å². The summed E-state index contributed by atoms with van der Waals surface area (Å²) in [6.07, 6.45) is 2.14. The molecule has 130 valence electrons. The van der Waals surface area contributed by atoms with Gasteiger partial charge < -0.3 is 28.3 Å². The van der Waals surface area contributed by atoms with Gasteiger partial charge in [-0.3, -0.25) is 21.1 Å². The standard InChI is InChI=1S/C16H17NO4.C2H3.BrH.Mg/c1-4-7-10(2)13(16(20)21-3)17-14(18)11-8-5-6-9-12(11)15(17)19;1-2;;/h4-6,8-10,13H,1,7H2,2-3H3;1H,2H2;1H;/q;-1;;+2/p-1. The largest absolute Gasteiger partial charge is 2.00 e. The van der Waals surface area contributed by atoms with E-state index in [0.717, 1.165) is 4.90 Å². The van der Waals surface area contributed by atoms with Crippen LogP contribution in [0.4, 0.5) is 0 Å². The van der Waals surface area contributed by atoms with E-state index in [2.05, 4.69) is 19.7 Å². The molecule has 2 rings (SSSR count). The Bertz CT molecular complexity index is 600. The van der Waals surface area contributed by atoms with Crippen molar-refractivity contribution in [1.29, 1.82) is 0 Å². The first kappa shape index (κ1) is 25.8. The van der Waals surface area contributed by atoms with Crippen LogP contribution in [-0.4, -0.2) is 58.9 Å². The number of nitrogens with zero attached hydrogens (tertiary/aromatic N) is 1. The fourth-order valence-corrected chi connectivity index (χ4v) is 2.57. The number of imide groups is 1. The topological polar surface area (TPSA) is 63.7 Å². The maximum atomic E-state index is 12.4. The fourth-order valence-electron chi connectivity index (χ4n) is 2.57. The molecule has 1 heterocycles. The Hall–Kier alpha value is -1.44. The average molecular weight is 419 g/mol. The second kappa shape index (κ2) is 12.0. The van der Waals surface area contributed by atoms with Crippen LogP contribution in [0, 0.1) is 12.5 Å². The number of allylic oxidation sites excluding steroid dienone is 1. The summed E-state index contributed by atoms with van der Waals surface area (Å²) >= 11 is 0. The van der Waals surface area contributed by atoms with Crippen molar-refractivity contribution < 1.29 is 36.1 Å². The summed E-state index contributed by atoms with van der Waals surface area (Å²) in [4.78, 5) is 38.0. The number of rotatable bonds is 5. The third kappa shape index (κ3) is 5.26. The molecule has 1 aromatic rings. The first-order chi connectivity index (χ1) is 11.0. The molecule has 0 aliphatic carbocycles. The Kier molecular flexibility index (Phi) is 12.4. The van der Waals surface area contributed by atoms with Gasteiger partial charge in [0.05, 0.1) is 18.2 Å². The minimum Gasteiger partial charge on any atom is -1.00 e. The van der Waals surface area contributed by atoms with Crippen LogP contribution in [0.2, 0.25) is 0 Å². The Morgan fingerprint density at radius 1 is 1.24 bits per heavy atom. The molecule has 2 amide bonds. The summed E-state index contributed by atoms with van der Waals surface area (Å²) in [5.41, 5.74) is 0.643. The van der Waals surface area contributed by atoms with E-state index < -0.39 is 23.8 Å². The monoisotopic (exact) mass is 417 g/mol. The molecule has 0 saturated carbocycles. The van der Waals surface area contributed by atoms with Gasteiger partial charge in [-0.25, -0.2) is 4.79 Å². The fraction of sp³-hybridized carbons (Fsp3) is 0.278. The number of hydrogen-bond acceptors (Lipinski definition) is 4. The van der Waals surface area contributed by atoms with E-state index in [1.807, 2.05) is 0 Å². The van der Waals surface area contributed by atoms with E-state index in [1.165, 1.54) is 7.11 Å². The Morgan fingerprint density at radius 3 is 2.04 bits per heavy atom. The summed E-state index contributed by atoms with van der Waals surface area (Å²) in [5, 5.41) is 0. The van der Waals surface area contributed by atoms with E-state index in [9.17, 15) is 14.4 Å². The minimum atomic E-state index is -0.944. The van der Waals surface area contributed by atoms with E-state index in [4.69, 9.17) is 4.74 Å². The van der Waals surface area contributed by atoms with E-state index in [-0.39, 0.29) is 46.0 Å². The zero-order valence-corrected chi connectivity index (χ0v) is 17.4. The number of esters is 1. The van der Waals surface area contributed by atoms with E-state index in [1.54, 1.807) is 37.3 Å². The molecule has 2 atom stereocenters. The van der Waals surface area contributed by atoms with Crippen LogP contribution in [0.3, 0.4) is 0 Å².